The molecule has 2 rings (SSSR count). The van der Waals surface area contributed by atoms with Gasteiger partial charge in [-0.2, -0.15) is 0 Å². The van der Waals surface area contributed by atoms with Gasteiger partial charge in [0.1, 0.15) is 5.75 Å². The Morgan fingerprint density at radius 1 is 1.52 bits per heavy atom. The lowest BCUT2D eigenvalue weighted by molar-refractivity contribution is 0.318. The van der Waals surface area contributed by atoms with Crippen LogP contribution in [0, 0.1) is 0 Å². The predicted molar refractivity (Wildman–Crippen MR) is 79.9 cm³/mol. The van der Waals surface area contributed by atoms with E-state index in [2.05, 4.69) is 15.1 Å². The summed E-state index contributed by atoms with van der Waals surface area (Å²) >= 11 is 1.39. The van der Waals surface area contributed by atoms with Crippen molar-refractivity contribution in [3.05, 3.63) is 51.9 Å². The summed E-state index contributed by atoms with van der Waals surface area (Å²) in [6, 6.07) is 6.70. The second-order valence-electron chi connectivity index (χ2n) is 4.05. The third-order valence-corrected chi connectivity index (χ3v) is 3.63. The van der Waals surface area contributed by atoms with E-state index in [9.17, 15) is 4.79 Å². The number of ether oxygens (including phenoxy) is 1. The molecule has 21 heavy (non-hydrogen) atoms. The summed E-state index contributed by atoms with van der Waals surface area (Å²) in [4.78, 5) is 17.9. The van der Waals surface area contributed by atoms with E-state index in [1.165, 1.54) is 31.1 Å². The number of oxime groups is 1. The van der Waals surface area contributed by atoms with Gasteiger partial charge in [-0.3, -0.25) is 4.79 Å². The highest BCUT2D eigenvalue weighted by atomic mass is 32.2. The molecule has 0 aliphatic heterocycles. The highest BCUT2D eigenvalue weighted by molar-refractivity contribution is 7.98. The Balaban J connectivity index is 2.16. The molecule has 0 saturated heterocycles. The minimum Gasteiger partial charge on any atom is -0.496 e. The Bertz CT molecular complexity index is 715. The van der Waals surface area contributed by atoms with Crippen molar-refractivity contribution < 1.29 is 9.94 Å². The number of nitrogens with two attached hydrogens (primary N) is 1. The topological polar surface area (TPSA) is 114 Å². The van der Waals surface area contributed by atoms with E-state index in [0.717, 1.165) is 5.56 Å². The number of thioether (sulfide) groups is 1. The fourth-order valence-electron chi connectivity index (χ4n) is 1.67. The SMILES string of the molecule is COc1cc(CSc2nccc(=O)[nH]2)ccc1/C(N)=N/O. The van der Waals surface area contributed by atoms with Gasteiger partial charge in [0.15, 0.2) is 11.0 Å². The zero-order valence-electron chi connectivity index (χ0n) is 11.2. The van der Waals surface area contributed by atoms with Crippen molar-refractivity contribution in [2.24, 2.45) is 10.9 Å². The van der Waals surface area contributed by atoms with E-state index in [-0.39, 0.29) is 11.4 Å². The minimum absolute atomic E-state index is 0.0138. The van der Waals surface area contributed by atoms with Gasteiger partial charge in [0.05, 0.1) is 12.7 Å². The molecule has 0 radical (unpaired) electrons. The summed E-state index contributed by atoms with van der Waals surface area (Å²) in [5.41, 5.74) is 6.85. The number of aromatic amines is 1. The summed E-state index contributed by atoms with van der Waals surface area (Å²) in [6.07, 6.45) is 1.46. The summed E-state index contributed by atoms with van der Waals surface area (Å²) in [6.45, 7) is 0. The first-order valence-corrected chi connectivity index (χ1v) is 6.95. The van der Waals surface area contributed by atoms with Crippen molar-refractivity contribution in [1.29, 1.82) is 0 Å². The fraction of sp³-hybridized carbons (Fsp3) is 0.154. The molecule has 1 aromatic heterocycles. The first-order valence-electron chi connectivity index (χ1n) is 5.97. The normalized spacial score (nSPS) is 11.4. The monoisotopic (exact) mass is 306 g/mol. The molecular formula is C13H14N4O3S. The second-order valence-corrected chi connectivity index (χ2v) is 5.01. The van der Waals surface area contributed by atoms with Crippen LogP contribution in [0.5, 0.6) is 5.75 Å². The Labute approximate surface area is 124 Å². The van der Waals surface area contributed by atoms with Crippen LogP contribution in [0.1, 0.15) is 11.1 Å². The molecule has 1 heterocycles. The number of amidine groups is 1. The molecule has 0 amide bonds. The highest BCUT2D eigenvalue weighted by Gasteiger charge is 2.09. The number of nitrogens with zero attached hydrogens (tertiary/aromatic N) is 2. The molecule has 0 spiro atoms. The smallest absolute Gasteiger partial charge is 0.251 e. The van der Waals surface area contributed by atoms with Gasteiger partial charge in [-0.15, -0.1) is 0 Å². The lowest BCUT2D eigenvalue weighted by Crippen LogP contribution is -2.14. The second kappa shape index (κ2) is 6.80. The molecule has 0 bridgehead atoms. The maximum atomic E-state index is 11.2. The molecular weight excluding hydrogens is 292 g/mol. The van der Waals surface area contributed by atoms with Crippen LogP contribution in [-0.4, -0.2) is 28.1 Å². The molecule has 8 heteroatoms. The Morgan fingerprint density at radius 3 is 3.00 bits per heavy atom. The number of methoxy groups -OCH3 is 1. The van der Waals surface area contributed by atoms with E-state index >= 15 is 0 Å². The number of aromatic nitrogens is 2. The van der Waals surface area contributed by atoms with Crippen LogP contribution >= 0.6 is 11.8 Å². The minimum atomic E-state index is -0.188. The molecule has 2 aromatic rings. The van der Waals surface area contributed by atoms with Crippen molar-refractivity contribution in [3.63, 3.8) is 0 Å². The van der Waals surface area contributed by atoms with Gasteiger partial charge >= 0.3 is 0 Å². The molecule has 4 N–H and O–H groups in total. The maximum absolute atomic E-state index is 11.2. The number of H-pyrrole nitrogens is 1. The van der Waals surface area contributed by atoms with Crippen LogP contribution in [0.3, 0.4) is 0 Å². The van der Waals surface area contributed by atoms with Gasteiger partial charge in [0.25, 0.3) is 5.56 Å². The van der Waals surface area contributed by atoms with Crippen LogP contribution in [-0.2, 0) is 5.75 Å². The van der Waals surface area contributed by atoms with Crippen molar-refractivity contribution >= 4 is 17.6 Å². The van der Waals surface area contributed by atoms with E-state index < -0.39 is 0 Å². The molecule has 7 nitrogen and oxygen atoms in total. The first-order chi connectivity index (χ1) is 10.1. The standard InChI is InChI=1S/C13H14N4O3S/c1-20-10-6-8(2-3-9(10)12(14)17-19)7-21-13-15-5-4-11(18)16-13/h2-6,19H,7H2,1H3,(H2,14,17)(H,15,16,18). The number of nitrogens with one attached hydrogen (secondary N) is 1. The fourth-order valence-corrected chi connectivity index (χ4v) is 2.46. The largest absolute Gasteiger partial charge is 0.496 e. The van der Waals surface area contributed by atoms with Gasteiger partial charge in [0, 0.05) is 18.0 Å². The Hall–Kier alpha value is -2.48. The molecule has 0 aliphatic carbocycles. The average Bonchev–Trinajstić information content (AvgIpc) is 2.52. The van der Waals surface area contributed by atoms with Gasteiger partial charge in [-0.25, -0.2) is 4.98 Å². The Morgan fingerprint density at radius 2 is 2.33 bits per heavy atom. The number of hydrogen-bond donors (Lipinski definition) is 3. The van der Waals surface area contributed by atoms with Crippen LogP contribution in [0.4, 0.5) is 0 Å². The molecule has 0 atom stereocenters. The van der Waals surface area contributed by atoms with Crippen molar-refractivity contribution in [3.8, 4) is 5.75 Å². The van der Waals surface area contributed by atoms with Gasteiger partial charge < -0.3 is 20.7 Å². The lowest BCUT2D eigenvalue weighted by atomic mass is 10.1. The average molecular weight is 306 g/mol. The molecule has 0 unspecified atom stereocenters. The van der Waals surface area contributed by atoms with E-state index in [0.29, 0.717) is 22.2 Å². The Kier molecular flexibility index (Phi) is 4.83. The van der Waals surface area contributed by atoms with E-state index in [1.54, 1.807) is 12.1 Å². The maximum Gasteiger partial charge on any atom is 0.251 e. The van der Waals surface area contributed by atoms with Crippen molar-refractivity contribution in [2.75, 3.05) is 7.11 Å². The van der Waals surface area contributed by atoms with Crippen LogP contribution < -0.4 is 16.0 Å². The van der Waals surface area contributed by atoms with E-state index in [4.69, 9.17) is 15.7 Å². The van der Waals surface area contributed by atoms with Crippen LogP contribution in [0.25, 0.3) is 0 Å². The first kappa shape index (κ1) is 14.9. The van der Waals surface area contributed by atoms with Crippen LogP contribution in [0.15, 0.2) is 45.6 Å². The summed E-state index contributed by atoms with van der Waals surface area (Å²) in [7, 11) is 1.51. The van der Waals surface area contributed by atoms with Gasteiger partial charge in [-0.1, -0.05) is 23.0 Å². The molecule has 0 aliphatic rings. The van der Waals surface area contributed by atoms with Crippen molar-refractivity contribution in [1.82, 2.24) is 9.97 Å². The third-order valence-electron chi connectivity index (χ3n) is 2.67. The quantitative estimate of drug-likeness (QED) is 0.191. The summed E-state index contributed by atoms with van der Waals surface area (Å²) in [5.74, 6) is 1.10. The molecule has 110 valence electrons. The predicted octanol–water partition coefficient (Wildman–Crippen LogP) is 1.17. The zero-order chi connectivity index (χ0) is 15.2. The van der Waals surface area contributed by atoms with Gasteiger partial charge in [0.2, 0.25) is 0 Å². The molecule has 1 aromatic carbocycles. The summed E-state index contributed by atoms with van der Waals surface area (Å²) in [5, 5.41) is 12.2. The number of benzene rings is 1. The van der Waals surface area contributed by atoms with E-state index in [1.807, 2.05) is 6.07 Å². The van der Waals surface area contributed by atoms with Crippen LogP contribution in [0.2, 0.25) is 0 Å². The lowest BCUT2D eigenvalue weighted by Gasteiger charge is -2.09. The third kappa shape index (κ3) is 3.76. The van der Waals surface area contributed by atoms with Gasteiger partial charge in [-0.05, 0) is 17.7 Å². The number of hydrogen-bond acceptors (Lipinski definition) is 6. The molecule has 0 saturated carbocycles. The van der Waals surface area contributed by atoms with Crippen molar-refractivity contribution in [2.45, 2.75) is 10.9 Å². The number of rotatable bonds is 5. The molecule has 0 fully saturated rings. The highest BCUT2D eigenvalue weighted by Crippen LogP contribution is 2.24. The zero-order valence-corrected chi connectivity index (χ0v) is 12.1. The summed E-state index contributed by atoms with van der Waals surface area (Å²) < 4.78 is 5.23.